The van der Waals surface area contributed by atoms with E-state index in [1.807, 2.05) is 33.8 Å². The van der Waals surface area contributed by atoms with Crippen molar-refractivity contribution in [3.63, 3.8) is 0 Å². The Labute approximate surface area is 116 Å². The van der Waals surface area contributed by atoms with Gasteiger partial charge in [-0.25, -0.2) is 4.39 Å². The minimum Gasteiger partial charge on any atom is -0.485 e. The third kappa shape index (κ3) is 4.83. The minimum absolute atomic E-state index is 0.155. The van der Waals surface area contributed by atoms with Crippen LogP contribution in [0.15, 0.2) is 18.2 Å². The number of rotatable bonds is 7. The zero-order valence-corrected chi connectivity index (χ0v) is 12.7. The van der Waals surface area contributed by atoms with Gasteiger partial charge in [0.2, 0.25) is 0 Å². The third-order valence-corrected chi connectivity index (χ3v) is 3.39. The quantitative estimate of drug-likeness (QED) is 0.788. The van der Waals surface area contributed by atoms with Crippen LogP contribution >= 0.6 is 0 Å². The van der Waals surface area contributed by atoms with Crippen LogP contribution in [0.1, 0.15) is 59.1 Å². The van der Waals surface area contributed by atoms with Crippen LogP contribution in [0.25, 0.3) is 0 Å². The first-order valence-electron chi connectivity index (χ1n) is 7.11. The zero-order chi connectivity index (χ0) is 14.5. The fourth-order valence-electron chi connectivity index (χ4n) is 1.72. The summed E-state index contributed by atoms with van der Waals surface area (Å²) in [5.41, 5.74) is 0.613. The van der Waals surface area contributed by atoms with Crippen molar-refractivity contribution in [3.8, 4) is 5.75 Å². The van der Waals surface area contributed by atoms with Crippen LogP contribution in [0.3, 0.4) is 0 Å². The molecule has 1 unspecified atom stereocenters. The average molecular weight is 267 g/mol. The molecular weight excluding hydrogens is 241 g/mol. The van der Waals surface area contributed by atoms with Gasteiger partial charge < -0.3 is 10.1 Å². The summed E-state index contributed by atoms with van der Waals surface area (Å²) in [7, 11) is 0. The zero-order valence-electron chi connectivity index (χ0n) is 12.7. The van der Waals surface area contributed by atoms with E-state index in [-0.39, 0.29) is 17.5 Å². The first-order valence-corrected chi connectivity index (χ1v) is 7.11. The van der Waals surface area contributed by atoms with E-state index in [0.29, 0.717) is 5.75 Å². The molecule has 0 aromatic heterocycles. The van der Waals surface area contributed by atoms with Crippen LogP contribution in [-0.2, 0) is 0 Å². The lowest BCUT2D eigenvalue weighted by molar-refractivity contribution is 0.0994. The minimum atomic E-state index is -0.339. The molecule has 0 saturated carbocycles. The summed E-state index contributed by atoms with van der Waals surface area (Å²) in [6.45, 7) is 11.1. The molecule has 0 aliphatic heterocycles. The van der Waals surface area contributed by atoms with E-state index < -0.39 is 0 Å². The average Bonchev–Trinajstić information content (AvgIpc) is 2.38. The number of benzene rings is 1. The molecule has 1 rings (SSSR count). The molecule has 19 heavy (non-hydrogen) atoms. The number of nitrogens with one attached hydrogen (secondary N) is 1. The molecule has 1 N–H and O–H groups in total. The Morgan fingerprint density at radius 2 is 2.00 bits per heavy atom. The van der Waals surface area contributed by atoms with Gasteiger partial charge in [-0.15, -0.1) is 0 Å². The topological polar surface area (TPSA) is 21.3 Å². The molecule has 2 nitrogen and oxygen atoms in total. The van der Waals surface area contributed by atoms with Crippen molar-refractivity contribution in [1.29, 1.82) is 0 Å². The van der Waals surface area contributed by atoms with Crippen molar-refractivity contribution in [3.05, 3.63) is 29.6 Å². The molecule has 0 radical (unpaired) electrons. The van der Waals surface area contributed by atoms with Gasteiger partial charge in [-0.3, -0.25) is 0 Å². The van der Waals surface area contributed by atoms with Gasteiger partial charge in [-0.1, -0.05) is 19.9 Å². The number of ether oxygens (including phenoxy) is 1. The third-order valence-electron chi connectivity index (χ3n) is 3.39. The SMILES string of the molecule is CCCNC(C)c1ccc(OC(C)(C)CC)c(F)c1. The van der Waals surface area contributed by atoms with Gasteiger partial charge in [0.25, 0.3) is 0 Å². The van der Waals surface area contributed by atoms with E-state index in [9.17, 15) is 4.39 Å². The van der Waals surface area contributed by atoms with Gasteiger partial charge >= 0.3 is 0 Å². The van der Waals surface area contributed by atoms with E-state index in [1.54, 1.807) is 12.1 Å². The van der Waals surface area contributed by atoms with Crippen LogP contribution in [0, 0.1) is 5.82 Å². The Morgan fingerprint density at radius 1 is 1.32 bits per heavy atom. The van der Waals surface area contributed by atoms with Crippen molar-refractivity contribution in [2.75, 3.05) is 6.54 Å². The molecule has 108 valence electrons. The van der Waals surface area contributed by atoms with Crippen molar-refractivity contribution < 1.29 is 9.13 Å². The molecule has 0 heterocycles. The van der Waals surface area contributed by atoms with Crippen molar-refractivity contribution >= 4 is 0 Å². The normalized spacial score (nSPS) is 13.4. The molecule has 1 aromatic rings. The van der Waals surface area contributed by atoms with Gasteiger partial charge in [-0.05, 0) is 57.9 Å². The maximum atomic E-state index is 14.0. The molecule has 0 aliphatic rings. The summed E-state index contributed by atoms with van der Waals surface area (Å²) in [6, 6.07) is 5.38. The summed E-state index contributed by atoms with van der Waals surface area (Å²) in [5.74, 6) is 0.0439. The van der Waals surface area contributed by atoms with Crippen LogP contribution in [0.5, 0.6) is 5.75 Å². The smallest absolute Gasteiger partial charge is 0.165 e. The molecule has 0 saturated heterocycles. The van der Waals surface area contributed by atoms with Gasteiger partial charge in [0, 0.05) is 6.04 Å². The van der Waals surface area contributed by atoms with E-state index in [1.165, 1.54) is 0 Å². The highest BCUT2D eigenvalue weighted by atomic mass is 19.1. The second kappa shape index (κ2) is 6.90. The first kappa shape index (κ1) is 16.0. The highest BCUT2D eigenvalue weighted by Gasteiger charge is 2.19. The standard InChI is InChI=1S/C16H26FNO/c1-6-10-18-12(3)13-8-9-15(14(17)11-13)19-16(4,5)7-2/h8-9,11-12,18H,6-7,10H2,1-5H3. The lowest BCUT2D eigenvalue weighted by Crippen LogP contribution is -2.27. The Kier molecular flexibility index (Phi) is 5.80. The molecule has 3 heteroatoms. The second-order valence-electron chi connectivity index (χ2n) is 5.58. The molecule has 0 spiro atoms. The van der Waals surface area contributed by atoms with Crippen LogP contribution in [0.4, 0.5) is 4.39 Å². The molecule has 0 amide bonds. The predicted octanol–water partition coefficient (Wildman–Crippen LogP) is 4.45. The van der Waals surface area contributed by atoms with Crippen LogP contribution < -0.4 is 10.1 Å². The molecule has 1 aromatic carbocycles. The number of hydrogen-bond acceptors (Lipinski definition) is 2. The van der Waals surface area contributed by atoms with Crippen LogP contribution in [0.2, 0.25) is 0 Å². The van der Waals surface area contributed by atoms with E-state index in [4.69, 9.17) is 4.74 Å². The molecule has 0 bridgehead atoms. The maximum absolute atomic E-state index is 14.0. The Hall–Kier alpha value is -1.09. The fourth-order valence-corrected chi connectivity index (χ4v) is 1.72. The van der Waals surface area contributed by atoms with Crippen molar-refractivity contribution in [2.45, 2.75) is 59.1 Å². The molecular formula is C16H26FNO. The highest BCUT2D eigenvalue weighted by Crippen LogP contribution is 2.26. The van der Waals surface area contributed by atoms with Crippen LogP contribution in [-0.4, -0.2) is 12.1 Å². The lowest BCUT2D eigenvalue weighted by atomic mass is 10.1. The molecule has 1 atom stereocenters. The fraction of sp³-hybridized carbons (Fsp3) is 0.625. The van der Waals surface area contributed by atoms with Gasteiger partial charge in [0.1, 0.15) is 5.60 Å². The first-order chi connectivity index (χ1) is 8.89. The van der Waals surface area contributed by atoms with Crippen molar-refractivity contribution in [1.82, 2.24) is 5.32 Å². The van der Waals surface area contributed by atoms with E-state index in [2.05, 4.69) is 12.2 Å². The van der Waals surface area contributed by atoms with Crippen molar-refractivity contribution in [2.24, 2.45) is 0 Å². The summed E-state index contributed by atoms with van der Waals surface area (Å²) >= 11 is 0. The summed E-state index contributed by atoms with van der Waals surface area (Å²) < 4.78 is 19.7. The lowest BCUT2D eigenvalue weighted by Gasteiger charge is -2.25. The second-order valence-corrected chi connectivity index (χ2v) is 5.58. The van der Waals surface area contributed by atoms with E-state index >= 15 is 0 Å². The van der Waals surface area contributed by atoms with Gasteiger partial charge in [0.05, 0.1) is 0 Å². The summed E-state index contributed by atoms with van der Waals surface area (Å²) in [5, 5.41) is 3.35. The summed E-state index contributed by atoms with van der Waals surface area (Å²) in [4.78, 5) is 0. The molecule has 0 fully saturated rings. The number of halogens is 1. The van der Waals surface area contributed by atoms with E-state index in [0.717, 1.165) is 24.9 Å². The Morgan fingerprint density at radius 3 is 2.53 bits per heavy atom. The maximum Gasteiger partial charge on any atom is 0.165 e. The highest BCUT2D eigenvalue weighted by molar-refractivity contribution is 5.31. The monoisotopic (exact) mass is 267 g/mol. The largest absolute Gasteiger partial charge is 0.485 e. The Bertz CT molecular complexity index is 404. The Balaban J connectivity index is 2.79. The van der Waals surface area contributed by atoms with Gasteiger partial charge in [-0.2, -0.15) is 0 Å². The predicted molar refractivity (Wildman–Crippen MR) is 78.1 cm³/mol. The van der Waals surface area contributed by atoms with Gasteiger partial charge in [0.15, 0.2) is 11.6 Å². The summed E-state index contributed by atoms with van der Waals surface area (Å²) in [6.07, 6.45) is 1.90. The molecule has 0 aliphatic carbocycles. The number of hydrogen-bond donors (Lipinski definition) is 1.